The third-order valence-corrected chi connectivity index (χ3v) is 3.75. The molecular formula is C15H13BrFN3. The van der Waals surface area contributed by atoms with E-state index in [4.69, 9.17) is 0 Å². The molecule has 0 radical (unpaired) electrons. The molecule has 0 bridgehead atoms. The van der Waals surface area contributed by atoms with Gasteiger partial charge in [0.2, 0.25) is 0 Å². The van der Waals surface area contributed by atoms with Gasteiger partial charge in [-0.25, -0.2) is 9.37 Å². The van der Waals surface area contributed by atoms with Crippen molar-refractivity contribution in [2.75, 3.05) is 19.0 Å². The summed E-state index contributed by atoms with van der Waals surface area (Å²) in [5.41, 5.74) is 1.40. The summed E-state index contributed by atoms with van der Waals surface area (Å²) >= 11 is 3.45. The van der Waals surface area contributed by atoms with E-state index in [1.165, 1.54) is 6.07 Å². The minimum Gasteiger partial charge on any atom is -0.364 e. The number of anilines is 1. The first-order valence-corrected chi connectivity index (χ1v) is 6.98. The van der Waals surface area contributed by atoms with E-state index in [0.717, 1.165) is 11.3 Å². The Morgan fingerprint density at radius 1 is 1.10 bits per heavy atom. The van der Waals surface area contributed by atoms with Gasteiger partial charge in [0.1, 0.15) is 22.1 Å². The Hall–Kier alpha value is -1.88. The third-order valence-electron chi connectivity index (χ3n) is 3.17. The van der Waals surface area contributed by atoms with E-state index in [0.29, 0.717) is 16.0 Å². The number of aromatic nitrogens is 2. The predicted octanol–water partition coefficient (Wildman–Crippen LogP) is 3.97. The van der Waals surface area contributed by atoms with E-state index in [9.17, 15) is 4.39 Å². The second-order valence-electron chi connectivity index (χ2n) is 4.71. The van der Waals surface area contributed by atoms with Gasteiger partial charge in [0.25, 0.3) is 0 Å². The molecule has 0 amide bonds. The molecule has 0 unspecified atom stereocenters. The lowest BCUT2D eigenvalue weighted by molar-refractivity contribution is 0.630. The molecule has 5 heteroatoms. The lowest BCUT2D eigenvalue weighted by Gasteiger charge is -2.16. The van der Waals surface area contributed by atoms with Gasteiger partial charge < -0.3 is 4.90 Å². The molecule has 0 spiro atoms. The van der Waals surface area contributed by atoms with E-state index in [1.54, 1.807) is 12.1 Å². The van der Waals surface area contributed by atoms with Crippen LogP contribution in [-0.2, 0) is 0 Å². The lowest BCUT2D eigenvalue weighted by Crippen LogP contribution is -2.13. The average Bonchev–Trinajstić information content (AvgIpc) is 2.77. The summed E-state index contributed by atoms with van der Waals surface area (Å²) in [6, 6.07) is 12.6. The van der Waals surface area contributed by atoms with Crippen molar-refractivity contribution >= 4 is 27.3 Å². The summed E-state index contributed by atoms with van der Waals surface area (Å²) in [5, 5.41) is 0. The second kappa shape index (κ2) is 4.90. The molecule has 0 N–H and O–H groups in total. The molecule has 20 heavy (non-hydrogen) atoms. The molecule has 0 aliphatic carbocycles. The van der Waals surface area contributed by atoms with Crippen molar-refractivity contribution in [3.63, 3.8) is 0 Å². The minimum absolute atomic E-state index is 0.277. The molecule has 0 fully saturated rings. The highest BCUT2D eigenvalue weighted by molar-refractivity contribution is 9.10. The molecule has 3 nitrogen and oxygen atoms in total. The molecule has 0 saturated carbocycles. The van der Waals surface area contributed by atoms with Crippen molar-refractivity contribution in [2.24, 2.45) is 0 Å². The molecule has 102 valence electrons. The highest BCUT2D eigenvalue weighted by atomic mass is 79.9. The maximum absolute atomic E-state index is 14.1. The Bertz CT molecular complexity index is 780. The van der Waals surface area contributed by atoms with Gasteiger partial charge in [0, 0.05) is 14.1 Å². The number of rotatable bonds is 2. The summed E-state index contributed by atoms with van der Waals surface area (Å²) in [6.07, 6.45) is 0. The lowest BCUT2D eigenvalue weighted by atomic mass is 10.2. The first kappa shape index (κ1) is 13.1. The Balaban J connectivity index is 2.40. The van der Waals surface area contributed by atoms with Crippen molar-refractivity contribution in [1.82, 2.24) is 9.38 Å². The summed E-state index contributed by atoms with van der Waals surface area (Å²) in [5.74, 6) is 1.26. The first-order valence-electron chi connectivity index (χ1n) is 6.19. The van der Waals surface area contributed by atoms with Crippen LogP contribution in [0.2, 0.25) is 0 Å². The van der Waals surface area contributed by atoms with Crippen LogP contribution in [0, 0.1) is 5.82 Å². The van der Waals surface area contributed by atoms with E-state index < -0.39 is 0 Å². The van der Waals surface area contributed by atoms with Crippen LogP contribution in [0.5, 0.6) is 0 Å². The van der Waals surface area contributed by atoms with Gasteiger partial charge in [-0.05, 0) is 40.2 Å². The zero-order valence-corrected chi connectivity index (χ0v) is 12.7. The summed E-state index contributed by atoms with van der Waals surface area (Å²) in [4.78, 5) is 6.45. The number of benzene rings is 1. The molecule has 3 aromatic rings. The van der Waals surface area contributed by atoms with Crippen LogP contribution in [0.3, 0.4) is 0 Å². The van der Waals surface area contributed by atoms with E-state index >= 15 is 0 Å². The van der Waals surface area contributed by atoms with Crippen LogP contribution >= 0.6 is 15.9 Å². The van der Waals surface area contributed by atoms with Crippen LogP contribution in [-0.4, -0.2) is 23.5 Å². The van der Waals surface area contributed by atoms with E-state index in [2.05, 4.69) is 20.9 Å². The van der Waals surface area contributed by atoms with Gasteiger partial charge in [0.05, 0.1) is 11.1 Å². The standard InChI is InChI=1S/C15H13BrFN3/c1-19(2)13-9-5-8-12-14(16)18-15(20(12)13)10-6-3-4-7-11(10)17/h3-9H,1-2H3. The van der Waals surface area contributed by atoms with Crippen molar-refractivity contribution < 1.29 is 4.39 Å². The number of imidazole rings is 1. The Kier molecular flexibility index (Phi) is 3.22. The smallest absolute Gasteiger partial charge is 0.150 e. The molecule has 0 saturated heterocycles. The summed E-state index contributed by atoms with van der Waals surface area (Å²) in [6.45, 7) is 0. The Morgan fingerprint density at radius 2 is 1.85 bits per heavy atom. The normalized spacial score (nSPS) is 11.0. The maximum Gasteiger partial charge on any atom is 0.150 e. The van der Waals surface area contributed by atoms with E-state index in [1.807, 2.05) is 47.7 Å². The molecule has 2 aromatic heterocycles. The van der Waals surface area contributed by atoms with Crippen LogP contribution < -0.4 is 4.90 Å². The number of halogens is 2. The highest BCUT2D eigenvalue weighted by Crippen LogP contribution is 2.31. The summed E-state index contributed by atoms with van der Waals surface area (Å²) < 4.78 is 16.7. The van der Waals surface area contributed by atoms with Gasteiger partial charge in [-0.2, -0.15) is 0 Å². The number of nitrogens with zero attached hydrogens (tertiary/aromatic N) is 3. The Labute approximate surface area is 124 Å². The number of fused-ring (bicyclic) bond motifs is 1. The molecule has 3 rings (SSSR count). The Morgan fingerprint density at radius 3 is 2.55 bits per heavy atom. The number of pyridine rings is 1. The van der Waals surface area contributed by atoms with Crippen LogP contribution in [0.4, 0.5) is 10.2 Å². The average molecular weight is 334 g/mol. The van der Waals surface area contributed by atoms with Crippen molar-refractivity contribution in [2.45, 2.75) is 0 Å². The van der Waals surface area contributed by atoms with Gasteiger partial charge in [-0.1, -0.05) is 18.2 Å². The zero-order chi connectivity index (χ0) is 14.3. The number of hydrogen-bond acceptors (Lipinski definition) is 2. The van der Waals surface area contributed by atoms with Crippen LogP contribution in [0.1, 0.15) is 0 Å². The van der Waals surface area contributed by atoms with Gasteiger partial charge in [-0.3, -0.25) is 4.40 Å². The number of hydrogen-bond donors (Lipinski definition) is 0. The molecule has 1 aromatic carbocycles. The molecular weight excluding hydrogens is 321 g/mol. The topological polar surface area (TPSA) is 20.5 Å². The molecule has 2 heterocycles. The van der Waals surface area contributed by atoms with Crippen LogP contribution in [0.25, 0.3) is 16.9 Å². The van der Waals surface area contributed by atoms with Gasteiger partial charge in [0.15, 0.2) is 0 Å². The van der Waals surface area contributed by atoms with Crippen molar-refractivity contribution in [3.05, 3.63) is 52.9 Å². The largest absolute Gasteiger partial charge is 0.364 e. The molecule has 0 aliphatic heterocycles. The predicted molar refractivity (Wildman–Crippen MR) is 82.6 cm³/mol. The zero-order valence-electron chi connectivity index (χ0n) is 11.1. The minimum atomic E-state index is -0.277. The fourth-order valence-electron chi connectivity index (χ4n) is 2.25. The van der Waals surface area contributed by atoms with Crippen molar-refractivity contribution in [1.29, 1.82) is 0 Å². The first-order chi connectivity index (χ1) is 9.59. The summed E-state index contributed by atoms with van der Waals surface area (Å²) in [7, 11) is 3.90. The molecule has 0 aliphatic rings. The quantitative estimate of drug-likeness (QED) is 0.707. The second-order valence-corrected chi connectivity index (χ2v) is 5.46. The van der Waals surface area contributed by atoms with Crippen LogP contribution in [0.15, 0.2) is 47.1 Å². The van der Waals surface area contributed by atoms with Gasteiger partial charge >= 0.3 is 0 Å². The SMILES string of the molecule is CN(C)c1cccc2c(Br)nc(-c3ccccc3F)n12. The highest BCUT2D eigenvalue weighted by Gasteiger charge is 2.17. The van der Waals surface area contributed by atoms with Crippen molar-refractivity contribution in [3.8, 4) is 11.4 Å². The fourth-order valence-corrected chi connectivity index (χ4v) is 2.73. The van der Waals surface area contributed by atoms with E-state index in [-0.39, 0.29) is 5.82 Å². The third kappa shape index (κ3) is 1.98. The van der Waals surface area contributed by atoms with Gasteiger partial charge in [-0.15, -0.1) is 0 Å². The fraction of sp³-hybridized carbons (Fsp3) is 0.133. The maximum atomic E-state index is 14.1. The monoisotopic (exact) mass is 333 g/mol. The molecule has 0 atom stereocenters.